The molecule has 0 saturated heterocycles. The van der Waals surface area contributed by atoms with Crippen LogP contribution in [-0.4, -0.2) is 79.2 Å². The Morgan fingerprint density at radius 1 is 1.16 bits per heavy atom. The Kier molecular flexibility index (Phi) is 6.40. The van der Waals surface area contributed by atoms with Gasteiger partial charge in [-0.2, -0.15) is 0 Å². The van der Waals surface area contributed by atoms with Gasteiger partial charge in [0, 0.05) is 30.3 Å². The molecular weight excluding hydrogens is 492 g/mol. The molecule has 0 aromatic rings. The zero-order valence-corrected chi connectivity index (χ0v) is 22.6. The lowest BCUT2D eigenvalue weighted by molar-refractivity contribution is -0.182. The molecular formula is C29H40O9. The Bertz CT molecular complexity index is 1140. The fourth-order valence-corrected chi connectivity index (χ4v) is 8.65. The molecule has 10 atom stereocenters. The van der Waals surface area contributed by atoms with E-state index in [1.807, 2.05) is 6.92 Å². The summed E-state index contributed by atoms with van der Waals surface area (Å²) >= 11 is 0. The number of carbonyl (C=O) groups excluding carboxylic acids is 3. The van der Waals surface area contributed by atoms with Gasteiger partial charge in [0.15, 0.2) is 5.78 Å². The van der Waals surface area contributed by atoms with E-state index in [0.29, 0.717) is 23.1 Å². The van der Waals surface area contributed by atoms with Crippen molar-refractivity contribution in [1.29, 1.82) is 0 Å². The molecule has 4 aliphatic carbocycles. The highest BCUT2D eigenvalue weighted by molar-refractivity contribution is 5.98. The molecule has 210 valence electrons. The number of cyclic esters (lactones) is 1. The lowest BCUT2D eigenvalue weighted by atomic mass is 9.45. The molecule has 1 aliphatic heterocycles. The summed E-state index contributed by atoms with van der Waals surface area (Å²) in [6.07, 6.45) is -0.735. The maximum absolute atomic E-state index is 14.0. The Hall–Kier alpha value is -1.91. The molecule has 0 spiro atoms. The first-order valence-electron chi connectivity index (χ1n) is 13.7. The molecule has 5 N–H and O–H groups in total. The number of fused-ring (bicyclic) bond motifs is 5. The number of hydrogen-bond acceptors (Lipinski definition) is 9. The minimum absolute atomic E-state index is 0.0342. The van der Waals surface area contributed by atoms with E-state index in [1.165, 1.54) is 13.0 Å². The zero-order valence-electron chi connectivity index (χ0n) is 22.6. The quantitative estimate of drug-likeness (QED) is 0.334. The number of rotatable bonds is 4. The minimum atomic E-state index is -1.77. The fourth-order valence-electron chi connectivity index (χ4n) is 8.65. The van der Waals surface area contributed by atoms with Crippen molar-refractivity contribution >= 4 is 17.5 Å². The van der Waals surface area contributed by atoms with E-state index in [2.05, 4.69) is 0 Å². The summed E-state index contributed by atoms with van der Waals surface area (Å²) < 4.78 is 5.04. The maximum Gasteiger partial charge on any atom is 0.333 e. The van der Waals surface area contributed by atoms with E-state index < -0.39 is 64.1 Å². The minimum Gasteiger partial charge on any atom is -0.462 e. The number of ether oxygens (including phenoxy) is 1. The second-order valence-electron chi connectivity index (χ2n) is 13.0. The third-order valence-electron chi connectivity index (χ3n) is 11.3. The first-order chi connectivity index (χ1) is 17.6. The molecule has 0 aromatic heterocycles. The molecule has 3 fully saturated rings. The van der Waals surface area contributed by atoms with Crippen molar-refractivity contribution in [3.8, 4) is 0 Å². The molecule has 0 radical (unpaired) electrons. The lowest BCUT2D eigenvalue weighted by Gasteiger charge is -2.59. The Balaban J connectivity index is 1.50. The molecule has 38 heavy (non-hydrogen) atoms. The van der Waals surface area contributed by atoms with Crippen LogP contribution in [0, 0.1) is 28.6 Å². The topological polar surface area (TPSA) is 162 Å². The molecule has 5 aliphatic rings. The van der Waals surface area contributed by atoms with Crippen molar-refractivity contribution in [3.05, 3.63) is 22.8 Å². The lowest BCUT2D eigenvalue weighted by Crippen LogP contribution is -2.66. The average Bonchev–Trinajstić information content (AvgIpc) is 3.13. The number of hydrogen-bond donors (Lipinski definition) is 5. The smallest absolute Gasteiger partial charge is 0.333 e. The van der Waals surface area contributed by atoms with Gasteiger partial charge in [0.25, 0.3) is 0 Å². The Morgan fingerprint density at radius 2 is 1.84 bits per heavy atom. The standard InChI is InChI=1S/C29H40O9/c1-14-15(6-8-38-25(14)35)9-24(34)28(4,36)22-5-7-29(37)17-10-19(30)18-11-20(31)21(32)13-26(18,2)16(17)12-23(33)27(22,29)3/h10,16,18,20-22,24,31-32,34,36-37H,5-9,11-13H2,1-4H3. The number of aliphatic hydroxyl groups is 5. The summed E-state index contributed by atoms with van der Waals surface area (Å²) in [5.41, 5.74) is -4.15. The molecule has 10 unspecified atom stereocenters. The largest absolute Gasteiger partial charge is 0.462 e. The highest BCUT2D eigenvalue weighted by atomic mass is 16.5. The van der Waals surface area contributed by atoms with E-state index in [9.17, 15) is 39.9 Å². The van der Waals surface area contributed by atoms with E-state index >= 15 is 0 Å². The first-order valence-corrected chi connectivity index (χ1v) is 13.7. The van der Waals surface area contributed by atoms with Gasteiger partial charge in [0.1, 0.15) is 5.78 Å². The van der Waals surface area contributed by atoms with Crippen LogP contribution in [0.2, 0.25) is 0 Å². The summed E-state index contributed by atoms with van der Waals surface area (Å²) in [5.74, 6) is -2.76. The summed E-state index contributed by atoms with van der Waals surface area (Å²) in [7, 11) is 0. The number of Topliss-reactive ketones (excluding diaryl/α,β-unsaturated/α-hetero) is 1. The average molecular weight is 533 g/mol. The van der Waals surface area contributed by atoms with Gasteiger partial charge >= 0.3 is 5.97 Å². The number of ketones is 2. The number of esters is 1. The molecule has 0 amide bonds. The molecule has 5 rings (SSSR count). The Labute approximate surface area is 222 Å². The number of aliphatic hydroxyl groups excluding tert-OH is 3. The second-order valence-corrected chi connectivity index (χ2v) is 13.0. The normalized spacial score (nSPS) is 45.4. The van der Waals surface area contributed by atoms with Crippen LogP contribution in [0.4, 0.5) is 0 Å². The predicted octanol–water partition coefficient (Wildman–Crippen LogP) is 1.14. The van der Waals surface area contributed by atoms with Crippen molar-refractivity contribution in [3.63, 3.8) is 0 Å². The van der Waals surface area contributed by atoms with E-state index in [-0.39, 0.29) is 56.7 Å². The zero-order chi connectivity index (χ0) is 28.0. The molecule has 0 bridgehead atoms. The molecule has 0 aromatic carbocycles. The van der Waals surface area contributed by atoms with Crippen LogP contribution in [-0.2, 0) is 19.1 Å². The molecule has 3 saturated carbocycles. The van der Waals surface area contributed by atoms with E-state index in [0.717, 1.165) is 0 Å². The number of allylic oxidation sites excluding steroid dienone is 1. The van der Waals surface area contributed by atoms with Crippen LogP contribution in [0.25, 0.3) is 0 Å². The highest BCUT2D eigenvalue weighted by Crippen LogP contribution is 2.67. The van der Waals surface area contributed by atoms with Crippen molar-refractivity contribution in [2.75, 3.05) is 6.61 Å². The van der Waals surface area contributed by atoms with Gasteiger partial charge < -0.3 is 30.3 Å². The monoisotopic (exact) mass is 532 g/mol. The molecule has 9 nitrogen and oxygen atoms in total. The summed E-state index contributed by atoms with van der Waals surface area (Å²) in [6.45, 7) is 6.80. The Morgan fingerprint density at radius 3 is 2.53 bits per heavy atom. The van der Waals surface area contributed by atoms with Crippen LogP contribution in [0.1, 0.15) is 72.6 Å². The van der Waals surface area contributed by atoms with Crippen LogP contribution in [0.5, 0.6) is 0 Å². The van der Waals surface area contributed by atoms with Gasteiger partial charge in [-0.3, -0.25) is 9.59 Å². The van der Waals surface area contributed by atoms with E-state index in [1.54, 1.807) is 13.8 Å². The SMILES string of the molecule is CC1=C(CC(O)C(C)(O)C2CCC3(O)C4=CC(=O)C5CC(O)C(O)CC5(C)C4CC(=O)C23C)CCOC1=O. The van der Waals surface area contributed by atoms with E-state index in [4.69, 9.17) is 4.74 Å². The summed E-state index contributed by atoms with van der Waals surface area (Å²) in [4.78, 5) is 39.3. The number of carbonyl (C=O) groups is 3. The van der Waals surface area contributed by atoms with Gasteiger partial charge in [0.05, 0.1) is 41.5 Å². The van der Waals surface area contributed by atoms with Gasteiger partial charge in [-0.05, 0) is 75.9 Å². The van der Waals surface area contributed by atoms with Crippen molar-refractivity contribution in [2.24, 2.45) is 28.6 Å². The predicted molar refractivity (Wildman–Crippen MR) is 134 cm³/mol. The van der Waals surface area contributed by atoms with Crippen molar-refractivity contribution < 1.29 is 44.7 Å². The maximum atomic E-state index is 14.0. The third-order valence-corrected chi connectivity index (χ3v) is 11.3. The molecule has 9 heteroatoms. The fraction of sp³-hybridized carbons (Fsp3) is 0.759. The molecule has 1 heterocycles. The first kappa shape index (κ1) is 27.6. The highest BCUT2D eigenvalue weighted by Gasteiger charge is 2.72. The third kappa shape index (κ3) is 3.58. The van der Waals surface area contributed by atoms with Gasteiger partial charge in [-0.15, -0.1) is 0 Å². The van der Waals surface area contributed by atoms with Crippen LogP contribution < -0.4 is 0 Å². The summed E-state index contributed by atoms with van der Waals surface area (Å²) in [6, 6.07) is 0. The van der Waals surface area contributed by atoms with Gasteiger partial charge in [-0.25, -0.2) is 4.79 Å². The van der Waals surface area contributed by atoms with Gasteiger partial charge in [-0.1, -0.05) is 12.5 Å². The van der Waals surface area contributed by atoms with Crippen molar-refractivity contribution in [2.45, 2.75) is 102 Å². The van der Waals surface area contributed by atoms with Crippen LogP contribution in [0.3, 0.4) is 0 Å². The second kappa shape index (κ2) is 8.80. The van der Waals surface area contributed by atoms with Crippen molar-refractivity contribution in [1.82, 2.24) is 0 Å². The van der Waals surface area contributed by atoms with Crippen LogP contribution >= 0.6 is 0 Å². The van der Waals surface area contributed by atoms with Crippen LogP contribution in [0.15, 0.2) is 22.8 Å². The van der Waals surface area contributed by atoms with Gasteiger partial charge in [0.2, 0.25) is 0 Å². The summed E-state index contributed by atoms with van der Waals surface area (Å²) in [5, 5.41) is 56.0.